The van der Waals surface area contributed by atoms with Gasteiger partial charge in [0.25, 0.3) is 5.91 Å². The molecule has 0 atom stereocenters. The molecule has 3 heteroatoms. The van der Waals surface area contributed by atoms with E-state index >= 15 is 0 Å². The van der Waals surface area contributed by atoms with E-state index in [4.69, 9.17) is 0 Å². The second-order valence-corrected chi connectivity index (χ2v) is 6.43. The Morgan fingerprint density at radius 3 is 2.76 bits per heavy atom. The van der Waals surface area contributed by atoms with Gasteiger partial charge in [0.2, 0.25) is 0 Å². The Labute approximate surface area is 132 Å². The van der Waals surface area contributed by atoms with Gasteiger partial charge in [-0.25, -0.2) is 0 Å². The first-order valence-electron chi connectivity index (χ1n) is 7.90. The van der Waals surface area contributed by atoms with Gasteiger partial charge in [0.05, 0.1) is 0 Å². The summed E-state index contributed by atoms with van der Waals surface area (Å²) in [6.45, 7) is 0.764. The van der Waals surface area contributed by atoms with Gasteiger partial charge in [0.1, 0.15) is 0 Å². The topological polar surface area (TPSA) is 29.1 Å². The Morgan fingerprint density at radius 1 is 1.19 bits per heavy atom. The molecule has 0 fully saturated rings. The fraction of sp³-hybridized carbons (Fsp3) is 0.500. The number of benzene rings is 1. The number of nitrogens with one attached hydrogen (secondary N) is 1. The fourth-order valence-electron chi connectivity index (χ4n) is 2.67. The molecule has 1 aromatic carbocycles. The van der Waals surface area contributed by atoms with Gasteiger partial charge in [-0.15, -0.1) is 11.8 Å². The number of amides is 1. The van der Waals surface area contributed by atoms with Gasteiger partial charge < -0.3 is 5.32 Å². The van der Waals surface area contributed by atoms with Crippen molar-refractivity contribution in [3.63, 3.8) is 0 Å². The molecule has 2 nitrogen and oxygen atoms in total. The average Bonchev–Trinajstić information content (AvgIpc) is 2.80. The monoisotopic (exact) mass is 303 g/mol. The van der Waals surface area contributed by atoms with Crippen molar-refractivity contribution in [2.45, 2.75) is 49.8 Å². The van der Waals surface area contributed by atoms with E-state index < -0.39 is 0 Å². The molecule has 1 N–H and O–H groups in total. The van der Waals surface area contributed by atoms with E-state index in [0.717, 1.165) is 24.9 Å². The highest BCUT2D eigenvalue weighted by atomic mass is 32.2. The third kappa shape index (κ3) is 5.58. The first-order valence-corrected chi connectivity index (χ1v) is 9.12. The van der Waals surface area contributed by atoms with Crippen LogP contribution in [0.25, 0.3) is 0 Å². The smallest absolute Gasteiger partial charge is 0.251 e. The van der Waals surface area contributed by atoms with E-state index in [1.165, 1.54) is 37.0 Å². The van der Waals surface area contributed by atoms with Gasteiger partial charge in [-0.1, -0.05) is 18.1 Å². The molecular formula is C18H25NOS. The Kier molecular flexibility index (Phi) is 6.87. The van der Waals surface area contributed by atoms with Gasteiger partial charge in [0, 0.05) is 17.0 Å². The fourth-order valence-corrected chi connectivity index (χ4v) is 3.08. The maximum Gasteiger partial charge on any atom is 0.251 e. The summed E-state index contributed by atoms with van der Waals surface area (Å²) in [6.07, 6.45) is 13.2. The molecule has 0 spiro atoms. The van der Waals surface area contributed by atoms with Crippen molar-refractivity contribution < 1.29 is 4.79 Å². The molecule has 0 saturated carbocycles. The zero-order valence-electron chi connectivity index (χ0n) is 12.9. The molecule has 1 aliphatic carbocycles. The standard InChI is InChI=1S/C18H25NOS/c1-21-17-12-10-16(11-13-17)18(20)19-14-6-9-15-7-4-2-3-5-8-15/h7,10-13H,2-6,8-9,14H2,1H3,(H,19,20). The molecule has 1 amide bonds. The average molecular weight is 303 g/mol. The minimum atomic E-state index is 0.0394. The highest BCUT2D eigenvalue weighted by molar-refractivity contribution is 7.98. The first-order chi connectivity index (χ1) is 10.3. The van der Waals surface area contributed by atoms with Crippen LogP contribution in [0.15, 0.2) is 40.8 Å². The largest absolute Gasteiger partial charge is 0.352 e. The van der Waals surface area contributed by atoms with Crippen LogP contribution in [0, 0.1) is 0 Å². The van der Waals surface area contributed by atoms with Gasteiger partial charge in [0.15, 0.2) is 0 Å². The molecule has 1 aromatic rings. The van der Waals surface area contributed by atoms with Crippen LogP contribution in [0.3, 0.4) is 0 Å². The highest BCUT2D eigenvalue weighted by Gasteiger charge is 2.06. The molecular weight excluding hydrogens is 278 g/mol. The van der Waals surface area contributed by atoms with Crippen molar-refractivity contribution >= 4 is 17.7 Å². The summed E-state index contributed by atoms with van der Waals surface area (Å²) in [5, 5.41) is 3.02. The lowest BCUT2D eigenvalue weighted by molar-refractivity contribution is 0.0953. The minimum absolute atomic E-state index is 0.0394. The normalized spacial score (nSPS) is 15.2. The Bertz CT molecular complexity index is 478. The van der Waals surface area contributed by atoms with Crippen molar-refractivity contribution in [3.8, 4) is 0 Å². The minimum Gasteiger partial charge on any atom is -0.352 e. The number of carbonyl (C=O) groups is 1. The maximum atomic E-state index is 12.0. The lowest BCUT2D eigenvalue weighted by Crippen LogP contribution is -2.24. The summed E-state index contributed by atoms with van der Waals surface area (Å²) in [5.74, 6) is 0.0394. The molecule has 0 heterocycles. The van der Waals surface area contributed by atoms with Crippen LogP contribution in [0.5, 0.6) is 0 Å². The van der Waals surface area contributed by atoms with Crippen LogP contribution in [0.4, 0.5) is 0 Å². The second-order valence-electron chi connectivity index (χ2n) is 5.55. The molecule has 0 aromatic heterocycles. The Morgan fingerprint density at radius 2 is 2.00 bits per heavy atom. The Hall–Kier alpha value is -1.22. The van der Waals surface area contributed by atoms with E-state index in [1.54, 1.807) is 17.3 Å². The Balaban J connectivity index is 1.69. The lowest BCUT2D eigenvalue weighted by Gasteiger charge is -2.07. The van der Waals surface area contributed by atoms with Crippen LogP contribution in [-0.2, 0) is 0 Å². The highest BCUT2D eigenvalue weighted by Crippen LogP contribution is 2.20. The summed E-state index contributed by atoms with van der Waals surface area (Å²) in [5.41, 5.74) is 2.34. The molecule has 0 radical (unpaired) electrons. The van der Waals surface area contributed by atoms with Crippen LogP contribution in [0.1, 0.15) is 55.3 Å². The number of thioether (sulfide) groups is 1. The van der Waals surface area contributed by atoms with Crippen molar-refractivity contribution in [1.29, 1.82) is 0 Å². The number of hydrogen-bond donors (Lipinski definition) is 1. The number of hydrogen-bond acceptors (Lipinski definition) is 2. The third-order valence-electron chi connectivity index (χ3n) is 3.95. The summed E-state index contributed by atoms with van der Waals surface area (Å²) in [7, 11) is 0. The van der Waals surface area contributed by atoms with Crippen molar-refractivity contribution in [3.05, 3.63) is 41.5 Å². The summed E-state index contributed by atoms with van der Waals surface area (Å²) in [4.78, 5) is 13.2. The van der Waals surface area contributed by atoms with E-state index in [1.807, 2.05) is 30.5 Å². The van der Waals surface area contributed by atoms with Gasteiger partial charge >= 0.3 is 0 Å². The molecule has 0 saturated heterocycles. The van der Waals surface area contributed by atoms with E-state index in [9.17, 15) is 4.79 Å². The maximum absolute atomic E-state index is 12.0. The lowest BCUT2D eigenvalue weighted by atomic mass is 10.1. The number of carbonyl (C=O) groups excluding carboxylic acids is 1. The van der Waals surface area contributed by atoms with Crippen LogP contribution in [-0.4, -0.2) is 18.7 Å². The van der Waals surface area contributed by atoms with E-state index in [2.05, 4.69) is 11.4 Å². The molecule has 0 aliphatic heterocycles. The van der Waals surface area contributed by atoms with Gasteiger partial charge in [-0.05, 0) is 69.0 Å². The predicted octanol–water partition coefficient (Wildman–Crippen LogP) is 4.81. The zero-order valence-corrected chi connectivity index (χ0v) is 13.7. The van der Waals surface area contributed by atoms with Crippen LogP contribution >= 0.6 is 11.8 Å². The third-order valence-corrected chi connectivity index (χ3v) is 4.69. The number of allylic oxidation sites excluding steroid dienone is 2. The molecule has 1 aliphatic rings. The quantitative estimate of drug-likeness (QED) is 0.464. The molecule has 114 valence electrons. The molecule has 0 unspecified atom stereocenters. The van der Waals surface area contributed by atoms with E-state index in [0.29, 0.717) is 0 Å². The van der Waals surface area contributed by atoms with Crippen molar-refractivity contribution in [1.82, 2.24) is 5.32 Å². The zero-order chi connectivity index (χ0) is 14.9. The van der Waals surface area contributed by atoms with Crippen molar-refractivity contribution in [2.24, 2.45) is 0 Å². The summed E-state index contributed by atoms with van der Waals surface area (Å²) < 4.78 is 0. The molecule has 21 heavy (non-hydrogen) atoms. The summed E-state index contributed by atoms with van der Waals surface area (Å²) >= 11 is 1.69. The van der Waals surface area contributed by atoms with Crippen LogP contribution < -0.4 is 5.32 Å². The van der Waals surface area contributed by atoms with Gasteiger partial charge in [-0.3, -0.25) is 4.79 Å². The predicted molar refractivity (Wildman–Crippen MR) is 91.0 cm³/mol. The summed E-state index contributed by atoms with van der Waals surface area (Å²) in [6, 6.07) is 7.79. The van der Waals surface area contributed by atoms with Gasteiger partial charge in [-0.2, -0.15) is 0 Å². The second kappa shape index (κ2) is 8.93. The number of rotatable bonds is 6. The molecule has 0 bridgehead atoms. The van der Waals surface area contributed by atoms with E-state index in [-0.39, 0.29) is 5.91 Å². The van der Waals surface area contributed by atoms with Crippen molar-refractivity contribution in [2.75, 3.05) is 12.8 Å². The molecule has 2 rings (SSSR count). The first kappa shape index (κ1) is 16.2. The SMILES string of the molecule is CSc1ccc(C(=O)NCCCC2=CCCCCC2)cc1. The van der Waals surface area contributed by atoms with Crippen LogP contribution in [0.2, 0.25) is 0 Å².